The van der Waals surface area contributed by atoms with Gasteiger partial charge < -0.3 is 15.8 Å². The highest BCUT2D eigenvalue weighted by atomic mass is 32.1. The summed E-state index contributed by atoms with van der Waals surface area (Å²) in [5.41, 5.74) is 7.05. The van der Waals surface area contributed by atoms with Crippen LogP contribution in [0.2, 0.25) is 0 Å². The zero-order valence-electron chi connectivity index (χ0n) is 12.4. The summed E-state index contributed by atoms with van der Waals surface area (Å²) in [5, 5.41) is 3.52. The minimum Gasteiger partial charge on any atom is -0.465 e. The third-order valence-corrected chi connectivity index (χ3v) is 4.88. The monoisotopic (exact) mass is 310 g/mol. The second-order valence-corrected chi connectivity index (χ2v) is 6.31. The molecule has 1 amide bonds. The fourth-order valence-electron chi connectivity index (χ4n) is 2.59. The molecule has 3 N–H and O–H groups in total. The quantitative estimate of drug-likeness (QED) is 0.625. The van der Waals surface area contributed by atoms with Crippen molar-refractivity contribution < 1.29 is 14.3 Å². The lowest BCUT2D eigenvalue weighted by Crippen LogP contribution is -2.15. The first kappa shape index (κ1) is 16.0. The van der Waals surface area contributed by atoms with E-state index in [0.717, 1.165) is 44.1 Å². The maximum absolute atomic E-state index is 12.0. The van der Waals surface area contributed by atoms with Crippen LogP contribution in [0.4, 0.5) is 5.00 Å². The third-order valence-electron chi connectivity index (χ3n) is 3.67. The van der Waals surface area contributed by atoms with Crippen LogP contribution in [0, 0.1) is 0 Å². The Bertz CT molecular complexity index is 525. The van der Waals surface area contributed by atoms with E-state index in [1.54, 1.807) is 0 Å². The molecule has 0 aromatic carbocycles. The van der Waals surface area contributed by atoms with E-state index in [9.17, 15) is 9.59 Å². The Labute approximate surface area is 128 Å². The molecule has 5 nitrogen and oxygen atoms in total. The molecule has 2 rings (SSSR count). The fourth-order valence-corrected chi connectivity index (χ4v) is 3.88. The summed E-state index contributed by atoms with van der Waals surface area (Å²) < 4.78 is 4.88. The van der Waals surface area contributed by atoms with E-state index in [1.165, 1.54) is 23.3 Å². The van der Waals surface area contributed by atoms with Crippen LogP contribution < -0.4 is 11.1 Å². The van der Waals surface area contributed by atoms with Crippen molar-refractivity contribution in [1.29, 1.82) is 0 Å². The van der Waals surface area contributed by atoms with Gasteiger partial charge in [-0.25, -0.2) is 4.79 Å². The van der Waals surface area contributed by atoms with Gasteiger partial charge in [-0.1, -0.05) is 0 Å². The number of rotatable bonds is 6. The minimum absolute atomic E-state index is 0.0628. The molecule has 21 heavy (non-hydrogen) atoms. The molecule has 0 aliphatic heterocycles. The number of unbranched alkanes of at least 4 members (excludes halogenated alkanes) is 1. The van der Waals surface area contributed by atoms with E-state index in [0.29, 0.717) is 23.5 Å². The molecular weight excluding hydrogens is 288 g/mol. The van der Waals surface area contributed by atoms with E-state index in [1.807, 2.05) is 0 Å². The Morgan fingerprint density at radius 3 is 2.76 bits per heavy atom. The van der Waals surface area contributed by atoms with Crippen molar-refractivity contribution in [3.8, 4) is 0 Å². The summed E-state index contributed by atoms with van der Waals surface area (Å²) in [4.78, 5) is 25.2. The average molecular weight is 310 g/mol. The maximum Gasteiger partial charge on any atom is 0.341 e. The van der Waals surface area contributed by atoms with Crippen LogP contribution in [0.3, 0.4) is 0 Å². The van der Waals surface area contributed by atoms with Gasteiger partial charge >= 0.3 is 5.97 Å². The van der Waals surface area contributed by atoms with Crippen molar-refractivity contribution in [2.75, 3.05) is 19.0 Å². The van der Waals surface area contributed by atoms with Crippen molar-refractivity contribution in [3.63, 3.8) is 0 Å². The van der Waals surface area contributed by atoms with Gasteiger partial charge in [-0.3, -0.25) is 4.79 Å². The number of carbonyl (C=O) groups is 2. The van der Waals surface area contributed by atoms with Gasteiger partial charge in [-0.05, 0) is 50.6 Å². The molecule has 0 radical (unpaired) electrons. The number of hydrogen-bond donors (Lipinski definition) is 2. The van der Waals surface area contributed by atoms with Crippen LogP contribution in [0.25, 0.3) is 0 Å². The third kappa shape index (κ3) is 3.83. The zero-order valence-corrected chi connectivity index (χ0v) is 13.2. The van der Waals surface area contributed by atoms with E-state index in [4.69, 9.17) is 10.5 Å². The first-order valence-corrected chi connectivity index (χ1v) is 8.21. The van der Waals surface area contributed by atoms with E-state index >= 15 is 0 Å². The molecule has 0 saturated heterocycles. The van der Waals surface area contributed by atoms with E-state index in [2.05, 4.69) is 5.32 Å². The fraction of sp³-hybridized carbons (Fsp3) is 0.600. The second kappa shape index (κ2) is 7.56. The highest BCUT2D eigenvalue weighted by molar-refractivity contribution is 7.17. The summed E-state index contributed by atoms with van der Waals surface area (Å²) in [6.45, 7) is 0.591. The number of amides is 1. The molecule has 6 heteroatoms. The number of carbonyl (C=O) groups excluding carboxylic acids is 2. The SMILES string of the molecule is COC(=O)c1c(NC(=O)CCCCN)sc2c1CCCC2. The molecule has 0 spiro atoms. The summed E-state index contributed by atoms with van der Waals surface area (Å²) in [7, 11) is 1.38. The molecule has 0 unspecified atom stereocenters. The zero-order chi connectivity index (χ0) is 15.2. The van der Waals surface area contributed by atoms with Crippen LogP contribution >= 0.6 is 11.3 Å². The van der Waals surface area contributed by atoms with E-state index < -0.39 is 0 Å². The minimum atomic E-state index is -0.355. The van der Waals surface area contributed by atoms with Crippen molar-refractivity contribution in [2.45, 2.75) is 44.9 Å². The summed E-state index contributed by atoms with van der Waals surface area (Å²) in [6.07, 6.45) is 6.11. The number of anilines is 1. The lowest BCUT2D eigenvalue weighted by atomic mass is 9.95. The molecule has 1 aliphatic carbocycles. The number of fused-ring (bicyclic) bond motifs is 1. The Hall–Kier alpha value is -1.40. The van der Waals surface area contributed by atoms with Gasteiger partial charge in [0, 0.05) is 11.3 Å². The molecule has 0 saturated carbocycles. The first-order valence-electron chi connectivity index (χ1n) is 7.40. The molecule has 1 heterocycles. The Balaban J connectivity index is 2.16. The molecule has 1 aromatic heterocycles. The molecular formula is C15H22N2O3S. The lowest BCUT2D eigenvalue weighted by Gasteiger charge is -2.11. The molecule has 0 bridgehead atoms. The maximum atomic E-state index is 12.0. The number of nitrogens with one attached hydrogen (secondary N) is 1. The largest absolute Gasteiger partial charge is 0.465 e. The highest BCUT2D eigenvalue weighted by Gasteiger charge is 2.26. The predicted octanol–water partition coefficient (Wildman–Crippen LogP) is 2.48. The molecule has 116 valence electrons. The normalized spacial score (nSPS) is 13.6. The van der Waals surface area contributed by atoms with Gasteiger partial charge in [0.1, 0.15) is 5.00 Å². The van der Waals surface area contributed by atoms with Crippen molar-refractivity contribution in [1.82, 2.24) is 0 Å². The van der Waals surface area contributed by atoms with Crippen molar-refractivity contribution in [3.05, 3.63) is 16.0 Å². The van der Waals surface area contributed by atoms with Crippen LogP contribution in [-0.2, 0) is 22.4 Å². The smallest absolute Gasteiger partial charge is 0.341 e. The summed E-state index contributed by atoms with van der Waals surface area (Å²) in [5.74, 6) is -0.418. The first-order chi connectivity index (χ1) is 10.2. The Kier molecular flexibility index (Phi) is 5.76. The topological polar surface area (TPSA) is 81.4 Å². The molecule has 0 fully saturated rings. The van der Waals surface area contributed by atoms with Crippen molar-refractivity contribution in [2.24, 2.45) is 5.73 Å². The number of nitrogens with two attached hydrogens (primary N) is 1. The van der Waals surface area contributed by atoms with Crippen LogP contribution in [0.15, 0.2) is 0 Å². The van der Waals surface area contributed by atoms with E-state index in [-0.39, 0.29) is 11.9 Å². The van der Waals surface area contributed by atoms with Gasteiger partial charge in [0.15, 0.2) is 0 Å². The van der Waals surface area contributed by atoms with Crippen LogP contribution in [0.1, 0.15) is 52.9 Å². The Morgan fingerprint density at radius 1 is 1.29 bits per heavy atom. The number of esters is 1. The second-order valence-electron chi connectivity index (χ2n) is 5.20. The highest BCUT2D eigenvalue weighted by Crippen LogP contribution is 2.38. The number of thiophene rings is 1. The average Bonchev–Trinajstić information content (AvgIpc) is 2.84. The number of methoxy groups -OCH3 is 1. The van der Waals surface area contributed by atoms with Gasteiger partial charge in [-0.15, -0.1) is 11.3 Å². The van der Waals surface area contributed by atoms with Gasteiger partial charge in [0.2, 0.25) is 5.91 Å². The van der Waals surface area contributed by atoms with Gasteiger partial charge in [-0.2, -0.15) is 0 Å². The van der Waals surface area contributed by atoms with Crippen LogP contribution in [-0.4, -0.2) is 25.5 Å². The number of ether oxygens (including phenoxy) is 1. The summed E-state index contributed by atoms with van der Waals surface area (Å²) >= 11 is 1.52. The summed E-state index contributed by atoms with van der Waals surface area (Å²) in [6, 6.07) is 0. The predicted molar refractivity (Wildman–Crippen MR) is 83.8 cm³/mol. The molecule has 0 atom stereocenters. The number of hydrogen-bond acceptors (Lipinski definition) is 5. The molecule has 1 aromatic rings. The van der Waals surface area contributed by atoms with Gasteiger partial charge in [0.25, 0.3) is 0 Å². The van der Waals surface area contributed by atoms with Crippen LogP contribution in [0.5, 0.6) is 0 Å². The van der Waals surface area contributed by atoms with Crippen molar-refractivity contribution >= 4 is 28.2 Å². The lowest BCUT2D eigenvalue weighted by molar-refractivity contribution is -0.116. The standard InChI is InChI=1S/C15H22N2O3S/c1-20-15(19)13-10-6-2-3-7-11(10)21-14(13)17-12(18)8-4-5-9-16/h2-9,16H2,1H3,(H,17,18). The molecule has 1 aliphatic rings. The Morgan fingerprint density at radius 2 is 2.05 bits per heavy atom. The number of aryl methyl sites for hydroxylation is 1. The van der Waals surface area contributed by atoms with Gasteiger partial charge in [0.05, 0.1) is 12.7 Å².